The van der Waals surface area contributed by atoms with Crippen molar-refractivity contribution in [1.29, 1.82) is 5.26 Å². The van der Waals surface area contributed by atoms with E-state index in [0.29, 0.717) is 5.69 Å². The fraction of sp³-hybridized carbons (Fsp3) is 0.0833. The van der Waals surface area contributed by atoms with Crippen LogP contribution in [0.4, 0.5) is 5.69 Å². The van der Waals surface area contributed by atoms with Gasteiger partial charge in [0, 0.05) is 16.3 Å². The number of rotatable bonds is 6. The maximum absolute atomic E-state index is 12.7. The van der Waals surface area contributed by atoms with Gasteiger partial charge >= 0.3 is 10.1 Å². The first-order valence-electron chi connectivity index (χ1n) is 9.50. The van der Waals surface area contributed by atoms with Crippen LogP contribution in [-0.4, -0.2) is 14.3 Å². The zero-order chi connectivity index (χ0) is 23.3. The Hall–Kier alpha value is -3.60. The number of carbonyl (C=O) groups is 1. The summed E-state index contributed by atoms with van der Waals surface area (Å²) in [5.74, 6) is -0.705. The third kappa shape index (κ3) is 5.35. The number of benzene rings is 3. The Kier molecular flexibility index (Phi) is 6.98. The van der Waals surface area contributed by atoms with Crippen molar-refractivity contribution in [3.8, 4) is 11.8 Å². The molecule has 162 valence electrons. The highest BCUT2D eigenvalue weighted by molar-refractivity contribution is 7.87. The van der Waals surface area contributed by atoms with Crippen LogP contribution in [0, 0.1) is 25.2 Å². The van der Waals surface area contributed by atoms with Crippen LogP contribution in [0.1, 0.15) is 16.7 Å². The van der Waals surface area contributed by atoms with E-state index in [9.17, 15) is 18.5 Å². The van der Waals surface area contributed by atoms with E-state index in [-0.39, 0.29) is 26.8 Å². The second-order valence-electron chi connectivity index (χ2n) is 6.90. The number of nitriles is 1. The molecule has 3 aromatic carbocycles. The monoisotopic (exact) mass is 466 g/mol. The third-order valence-electron chi connectivity index (χ3n) is 4.72. The lowest BCUT2D eigenvalue weighted by molar-refractivity contribution is -0.112. The predicted molar refractivity (Wildman–Crippen MR) is 124 cm³/mol. The quantitative estimate of drug-likeness (QED) is 0.303. The highest BCUT2D eigenvalue weighted by Crippen LogP contribution is 2.28. The molecule has 3 aromatic rings. The minimum atomic E-state index is -4.13. The summed E-state index contributed by atoms with van der Waals surface area (Å²) in [6.45, 7) is 3.77. The number of amides is 1. The topological polar surface area (TPSA) is 96.3 Å². The van der Waals surface area contributed by atoms with Crippen molar-refractivity contribution in [3.63, 3.8) is 0 Å². The molecule has 0 heterocycles. The zero-order valence-electron chi connectivity index (χ0n) is 17.3. The fourth-order valence-corrected chi connectivity index (χ4v) is 4.00. The largest absolute Gasteiger partial charge is 0.378 e. The van der Waals surface area contributed by atoms with Gasteiger partial charge in [-0.1, -0.05) is 41.9 Å². The van der Waals surface area contributed by atoms with Gasteiger partial charge in [-0.3, -0.25) is 4.79 Å². The number of halogens is 1. The van der Waals surface area contributed by atoms with Gasteiger partial charge in [0.2, 0.25) is 0 Å². The van der Waals surface area contributed by atoms with Crippen LogP contribution in [0.15, 0.2) is 77.2 Å². The van der Waals surface area contributed by atoms with Gasteiger partial charge in [-0.2, -0.15) is 13.7 Å². The summed E-state index contributed by atoms with van der Waals surface area (Å²) in [6.07, 6.45) is 1.24. The minimum Gasteiger partial charge on any atom is -0.378 e. The van der Waals surface area contributed by atoms with Crippen molar-refractivity contribution < 1.29 is 17.4 Å². The molecule has 3 rings (SSSR count). The second-order valence-corrected chi connectivity index (χ2v) is 8.89. The molecule has 0 saturated heterocycles. The maximum Gasteiger partial charge on any atom is 0.339 e. The molecule has 6 nitrogen and oxygen atoms in total. The molecule has 32 heavy (non-hydrogen) atoms. The van der Waals surface area contributed by atoms with Gasteiger partial charge in [0.1, 0.15) is 22.3 Å². The summed E-state index contributed by atoms with van der Waals surface area (Å²) in [6, 6.07) is 19.2. The molecule has 0 unspecified atom stereocenters. The Morgan fingerprint density at radius 2 is 1.78 bits per heavy atom. The van der Waals surface area contributed by atoms with E-state index in [1.54, 1.807) is 30.3 Å². The number of anilines is 1. The van der Waals surface area contributed by atoms with E-state index in [4.69, 9.17) is 15.8 Å². The number of carbonyl (C=O) groups excluding carboxylic acids is 1. The molecule has 0 aromatic heterocycles. The Bertz CT molecular complexity index is 1340. The summed E-state index contributed by atoms with van der Waals surface area (Å²) in [5, 5.41) is 12.6. The fourth-order valence-electron chi connectivity index (χ4n) is 2.84. The van der Waals surface area contributed by atoms with E-state index in [2.05, 4.69) is 5.32 Å². The predicted octanol–water partition coefficient (Wildman–Crippen LogP) is 5.27. The SMILES string of the molecule is Cc1cccc(NC(=O)/C(C#N)=C/c2cc(Cl)ccc2OS(=O)(=O)c2ccccc2)c1C. The Morgan fingerprint density at radius 3 is 2.47 bits per heavy atom. The highest BCUT2D eigenvalue weighted by atomic mass is 35.5. The van der Waals surface area contributed by atoms with Crippen molar-refractivity contribution in [2.45, 2.75) is 18.7 Å². The maximum atomic E-state index is 12.7. The van der Waals surface area contributed by atoms with Crippen molar-refractivity contribution in [2.75, 3.05) is 5.32 Å². The van der Waals surface area contributed by atoms with Gasteiger partial charge in [-0.05, 0) is 67.4 Å². The average molecular weight is 467 g/mol. The van der Waals surface area contributed by atoms with Crippen LogP contribution in [0.2, 0.25) is 5.02 Å². The van der Waals surface area contributed by atoms with Crippen LogP contribution in [0.25, 0.3) is 6.08 Å². The van der Waals surface area contributed by atoms with Crippen LogP contribution in [-0.2, 0) is 14.9 Å². The number of aryl methyl sites for hydroxylation is 1. The molecule has 0 aliphatic rings. The summed E-state index contributed by atoms with van der Waals surface area (Å²) >= 11 is 6.06. The van der Waals surface area contributed by atoms with E-state index in [1.165, 1.54) is 36.4 Å². The summed E-state index contributed by atoms with van der Waals surface area (Å²) in [4.78, 5) is 12.7. The van der Waals surface area contributed by atoms with Crippen molar-refractivity contribution in [1.82, 2.24) is 0 Å². The second kappa shape index (κ2) is 9.69. The number of nitrogens with zero attached hydrogens (tertiary/aromatic N) is 1. The van der Waals surface area contributed by atoms with Gasteiger partial charge in [0.05, 0.1) is 0 Å². The summed E-state index contributed by atoms with van der Waals surface area (Å²) in [7, 11) is -4.13. The highest BCUT2D eigenvalue weighted by Gasteiger charge is 2.19. The van der Waals surface area contributed by atoms with Crippen LogP contribution >= 0.6 is 11.6 Å². The minimum absolute atomic E-state index is 0.0296. The van der Waals surface area contributed by atoms with E-state index in [1.807, 2.05) is 26.0 Å². The Morgan fingerprint density at radius 1 is 1.06 bits per heavy atom. The number of nitrogens with one attached hydrogen (secondary N) is 1. The van der Waals surface area contributed by atoms with Crippen LogP contribution in [0.5, 0.6) is 5.75 Å². The molecule has 0 fully saturated rings. The Labute approximate surface area is 191 Å². The smallest absolute Gasteiger partial charge is 0.339 e. The van der Waals surface area contributed by atoms with Crippen LogP contribution in [0.3, 0.4) is 0 Å². The first-order chi connectivity index (χ1) is 15.2. The lowest BCUT2D eigenvalue weighted by atomic mass is 10.1. The molecule has 0 aliphatic heterocycles. The Balaban J connectivity index is 1.96. The standard InChI is InChI=1S/C24H19ClN2O4S/c1-16-7-6-10-22(17(16)2)27-24(28)19(15-26)13-18-14-20(25)11-12-23(18)31-32(29,30)21-8-4-3-5-9-21/h3-14H,1-2H3,(H,27,28)/b19-13+. The third-order valence-corrected chi connectivity index (χ3v) is 6.20. The van der Waals surface area contributed by atoms with E-state index in [0.717, 1.165) is 11.1 Å². The summed E-state index contributed by atoms with van der Waals surface area (Å²) in [5.41, 5.74) is 2.37. The molecule has 0 aliphatic carbocycles. The average Bonchev–Trinajstić information content (AvgIpc) is 2.77. The number of hydrogen-bond donors (Lipinski definition) is 1. The molecule has 8 heteroatoms. The molecule has 1 N–H and O–H groups in total. The normalized spacial score (nSPS) is 11.5. The van der Waals surface area contributed by atoms with Gasteiger partial charge in [0.15, 0.2) is 0 Å². The van der Waals surface area contributed by atoms with E-state index < -0.39 is 16.0 Å². The molecule has 0 bridgehead atoms. The zero-order valence-corrected chi connectivity index (χ0v) is 18.9. The molecular formula is C24H19ClN2O4S. The summed E-state index contributed by atoms with van der Waals surface area (Å²) < 4.78 is 30.5. The van der Waals surface area contributed by atoms with Crippen LogP contribution < -0.4 is 9.50 Å². The molecule has 0 saturated carbocycles. The molecule has 1 amide bonds. The molecule has 0 spiro atoms. The molecular weight excluding hydrogens is 448 g/mol. The molecule has 0 radical (unpaired) electrons. The van der Waals surface area contributed by atoms with Gasteiger partial charge in [0.25, 0.3) is 5.91 Å². The lowest BCUT2D eigenvalue weighted by Crippen LogP contribution is -2.15. The van der Waals surface area contributed by atoms with Gasteiger partial charge in [-0.25, -0.2) is 0 Å². The first-order valence-corrected chi connectivity index (χ1v) is 11.3. The first kappa shape index (κ1) is 23.1. The lowest BCUT2D eigenvalue weighted by Gasteiger charge is -2.11. The van der Waals surface area contributed by atoms with Crippen molar-refractivity contribution in [2.24, 2.45) is 0 Å². The van der Waals surface area contributed by atoms with Crippen molar-refractivity contribution >= 4 is 39.4 Å². The van der Waals surface area contributed by atoms with Gasteiger partial charge in [-0.15, -0.1) is 0 Å². The van der Waals surface area contributed by atoms with E-state index >= 15 is 0 Å². The molecule has 0 atom stereocenters. The van der Waals surface area contributed by atoms with Crippen molar-refractivity contribution in [3.05, 3.63) is 94.0 Å². The number of hydrogen-bond acceptors (Lipinski definition) is 5. The van der Waals surface area contributed by atoms with Gasteiger partial charge < -0.3 is 9.50 Å².